The topological polar surface area (TPSA) is 26.6 Å². The number of fused-ring (bicyclic) bond motifs is 1. The van der Waals surface area contributed by atoms with Gasteiger partial charge in [-0.15, -0.1) is 18.2 Å². The van der Waals surface area contributed by atoms with Gasteiger partial charge in [0.25, 0.3) is 0 Å². The molecule has 0 unspecified atom stereocenters. The fraction of sp³-hybridized carbons (Fsp3) is 0.355. The van der Waals surface area contributed by atoms with Gasteiger partial charge in [0.05, 0.1) is 0 Å². The third kappa shape index (κ3) is 6.89. The molecule has 1 saturated heterocycles. The molecule has 0 N–H and O–H groups in total. The van der Waals surface area contributed by atoms with Crippen LogP contribution in [-0.2, 0) is 13.0 Å². The number of benzene rings is 3. The van der Waals surface area contributed by atoms with Gasteiger partial charge in [-0.25, -0.2) is 0 Å². The van der Waals surface area contributed by atoms with Crippen LogP contribution in [-0.4, -0.2) is 29.1 Å². The van der Waals surface area contributed by atoms with Gasteiger partial charge in [0.15, 0.2) is 0 Å². The Labute approximate surface area is 231 Å². The van der Waals surface area contributed by atoms with Crippen LogP contribution in [0.4, 0.5) is 13.2 Å². The first kappa shape index (κ1) is 27.4. The number of piperidine rings is 1. The predicted octanol–water partition coefficient (Wildman–Crippen LogP) is 8.91. The van der Waals surface area contributed by atoms with E-state index in [4.69, 9.17) is 16.4 Å². The molecule has 1 fully saturated rings. The largest absolute Gasteiger partial charge is 0.573 e. The molecule has 0 bridgehead atoms. The van der Waals surface area contributed by atoms with Gasteiger partial charge in [-0.2, -0.15) is 0 Å². The second kappa shape index (κ2) is 11.9. The lowest BCUT2D eigenvalue weighted by Gasteiger charge is -2.31. The molecule has 1 aliphatic heterocycles. The molecular formula is C31H32ClF3N2O2. The summed E-state index contributed by atoms with van der Waals surface area (Å²) in [5, 5.41) is 3.84. The van der Waals surface area contributed by atoms with Crippen LogP contribution in [0.5, 0.6) is 11.5 Å². The molecule has 4 aromatic rings. The minimum Gasteiger partial charge on any atom is -0.406 e. The van der Waals surface area contributed by atoms with Crippen molar-refractivity contribution in [3.8, 4) is 22.6 Å². The quantitative estimate of drug-likeness (QED) is 0.206. The maximum absolute atomic E-state index is 12.6. The lowest BCUT2D eigenvalue weighted by molar-refractivity contribution is -0.274. The molecule has 5 rings (SSSR count). The van der Waals surface area contributed by atoms with Crippen molar-refractivity contribution >= 4 is 22.5 Å². The molecule has 0 spiro atoms. The molecule has 2 heterocycles. The number of rotatable bonds is 9. The summed E-state index contributed by atoms with van der Waals surface area (Å²) in [6.07, 6.45) is 2.48. The Balaban J connectivity index is 1.32. The van der Waals surface area contributed by atoms with E-state index in [1.54, 1.807) is 12.1 Å². The Kier molecular flexibility index (Phi) is 8.38. The minimum atomic E-state index is -4.72. The van der Waals surface area contributed by atoms with E-state index >= 15 is 0 Å². The van der Waals surface area contributed by atoms with Crippen LogP contribution >= 0.6 is 11.6 Å². The Hall–Kier alpha value is -3.16. The van der Waals surface area contributed by atoms with Crippen molar-refractivity contribution in [1.82, 2.24) is 9.63 Å². The summed E-state index contributed by atoms with van der Waals surface area (Å²) >= 11 is 6.36. The van der Waals surface area contributed by atoms with Crippen LogP contribution in [0.2, 0.25) is 5.02 Å². The molecule has 0 atom stereocenters. The standard InChI is InChI=1S/C31H32ClF3N2O2/c1-2-3-16-36-21-28(23-8-10-25(11-9-23)38-31(33,34)35)27-20-26(12-13-30(27)36)39-37-17-14-22(15-18-37)19-24-6-4-5-7-29(24)32/h4-13,20-22H,2-3,14-19H2,1H3. The molecule has 39 heavy (non-hydrogen) atoms. The maximum Gasteiger partial charge on any atom is 0.573 e. The second-order valence-corrected chi connectivity index (χ2v) is 10.5. The third-order valence-corrected chi connectivity index (χ3v) is 7.65. The predicted molar refractivity (Wildman–Crippen MR) is 149 cm³/mol. The molecule has 0 saturated carbocycles. The van der Waals surface area contributed by atoms with Crippen molar-refractivity contribution in [3.05, 3.63) is 83.5 Å². The molecule has 4 nitrogen and oxygen atoms in total. The maximum atomic E-state index is 12.6. The molecule has 206 valence electrons. The van der Waals surface area contributed by atoms with Crippen molar-refractivity contribution in [2.24, 2.45) is 5.92 Å². The van der Waals surface area contributed by atoms with Crippen LogP contribution in [0.25, 0.3) is 22.0 Å². The molecule has 0 amide bonds. The zero-order valence-electron chi connectivity index (χ0n) is 21.9. The number of aromatic nitrogens is 1. The molecular weight excluding hydrogens is 525 g/mol. The highest BCUT2D eigenvalue weighted by atomic mass is 35.5. The van der Waals surface area contributed by atoms with Crippen molar-refractivity contribution in [2.45, 2.75) is 51.9 Å². The highest BCUT2D eigenvalue weighted by Gasteiger charge is 2.31. The molecule has 0 radical (unpaired) electrons. The van der Waals surface area contributed by atoms with Gasteiger partial charge in [0.1, 0.15) is 11.5 Å². The van der Waals surface area contributed by atoms with E-state index in [9.17, 15) is 13.2 Å². The Morgan fingerprint density at radius 2 is 1.67 bits per heavy atom. The van der Waals surface area contributed by atoms with Gasteiger partial charge in [-0.05, 0) is 79.1 Å². The van der Waals surface area contributed by atoms with Gasteiger partial charge < -0.3 is 14.1 Å². The second-order valence-electron chi connectivity index (χ2n) is 10.1. The summed E-state index contributed by atoms with van der Waals surface area (Å²) in [6.45, 7) is 4.67. The van der Waals surface area contributed by atoms with E-state index in [-0.39, 0.29) is 5.75 Å². The SMILES string of the molecule is CCCCn1cc(-c2ccc(OC(F)(F)F)cc2)c2cc(ON3CCC(Cc4ccccc4Cl)CC3)ccc21. The number of alkyl halides is 3. The van der Waals surface area contributed by atoms with Crippen LogP contribution < -0.4 is 9.57 Å². The average Bonchev–Trinajstić information content (AvgIpc) is 3.27. The lowest BCUT2D eigenvalue weighted by atomic mass is 9.91. The number of aryl methyl sites for hydroxylation is 1. The van der Waals surface area contributed by atoms with E-state index in [0.29, 0.717) is 5.92 Å². The van der Waals surface area contributed by atoms with E-state index in [1.165, 1.54) is 17.7 Å². The van der Waals surface area contributed by atoms with Crippen molar-refractivity contribution in [1.29, 1.82) is 0 Å². The first-order chi connectivity index (χ1) is 18.8. The normalized spacial score (nSPS) is 15.1. The molecule has 1 aliphatic rings. The highest BCUT2D eigenvalue weighted by molar-refractivity contribution is 6.31. The summed E-state index contributed by atoms with van der Waals surface area (Å²) in [5.74, 6) is 1.08. The molecule has 0 aliphatic carbocycles. The van der Waals surface area contributed by atoms with Gasteiger partial charge in [-0.3, -0.25) is 0 Å². The highest BCUT2D eigenvalue weighted by Crippen LogP contribution is 2.35. The molecule has 1 aromatic heterocycles. The van der Waals surface area contributed by atoms with Gasteiger partial charge in [0.2, 0.25) is 0 Å². The number of hydroxylamine groups is 2. The van der Waals surface area contributed by atoms with Crippen molar-refractivity contribution < 1.29 is 22.7 Å². The summed E-state index contributed by atoms with van der Waals surface area (Å²) < 4.78 is 44.1. The fourth-order valence-corrected chi connectivity index (χ4v) is 5.45. The first-order valence-corrected chi connectivity index (χ1v) is 13.8. The third-order valence-electron chi connectivity index (χ3n) is 7.28. The minimum absolute atomic E-state index is 0.233. The van der Waals surface area contributed by atoms with E-state index in [0.717, 1.165) is 84.5 Å². The summed E-state index contributed by atoms with van der Waals surface area (Å²) in [4.78, 5) is 6.29. The Morgan fingerprint density at radius 1 is 0.949 bits per heavy atom. The summed E-state index contributed by atoms with van der Waals surface area (Å²) in [5.41, 5.74) is 4.04. The Morgan fingerprint density at radius 3 is 2.36 bits per heavy atom. The van der Waals surface area contributed by atoms with Gasteiger partial charge in [-0.1, -0.05) is 55.3 Å². The zero-order valence-corrected chi connectivity index (χ0v) is 22.6. The molecule has 3 aromatic carbocycles. The van der Waals surface area contributed by atoms with Crippen molar-refractivity contribution in [3.63, 3.8) is 0 Å². The van der Waals surface area contributed by atoms with E-state index in [2.05, 4.69) is 34.6 Å². The van der Waals surface area contributed by atoms with E-state index in [1.807, 2.05) is 35.4 Å². The number of nitrogens with zero attached hydrogens (tertiary/aromatic N) is 2. The van der Waals surface area contributed by atoms with Crippen molar-refractivity contribution in [2.75, 3.05) is 13.1 Å². The fourth-order valence-electron chi connectivity index (χ4n) is 5.24. The zero-order chi connectivity index (χ0) is 27.4. The number of hydrogen-bond acceptors (Lipinski definition) is 3. The summed E-state index contributed by atoms with van der Waals surface area (Å²) in [6, 6.07) is 20.2. The average molecular weight is 557 g/mol. The smallest absolute Gasteiger partial charge is 0.406 e. The Bertz CT molecular complexity index is 1390. The number of ether oxygens (including phenoxy) is 1. The van der Waals surface area contributed by atoms with Gasteiger partial charge in [0, 0.05) is 47.3 Å². The monoisotopic (exact) mass is 556 g/mol. The van der Waals surface area contributed by atoms with Crippen LogP contribution in [0.3, 0.4) is 0 Å². The lowest BCUT2D eigenvalue weighted by Crippen LogP contribution is -2.36. The van der Waals surface area contributed by atoms with Crippen LogP contribution in [0, 0.1) is 5.92 Å². The van der Waals surface area contributed by atoms with Crippen LogP contribution in [0.1, 0.15) is 38.2 Å². The number of halogens is 4. The van der Waals surface area contributed by atoms with Gasteiger partial charge >= 0.3 is 6.36 Å². The molecule has 8 heteroatoms. The first-order valence-electron chi connectivity index (χ1n) is 13.4. The number of unbranched alkanes of at least 4 members (excludes halogenated alkanes) is 1. The van der Waals surface area contributed by atoms with Crippen LogP contribution in [0.15, 0.2) is 72.9 Å². The van der Waals surface area contributed by atoms with E-state index < -0.39 is 6.36 Å². The summed E-state index contributed by atoms with van der Waals surface area (Å²) in [7, 11) is 0. The number of hydrogen-bond donors (Lipinski definition) is 0.